The molecule has 2 rings (SSSR count). The Labute approximate surface area is 147 Å². The SMILES string of the molecule is C#CCOc1nc(Cl)cnc1NS(=O)(=O)c1cccc(Cl)c1Cl. The summed E-state index contributed by atoms with van der Waals surface area (Å²) in [5, 5.41) is -0.00372. The molecular formula is C13H8Cl3N3O3S. The maximum absolute atomic E-state index is 12.4. The van der Waals surface area contributed by atoms with E-state index in [1.165, 1.54) is 18.2 Å². The number of hydrogen-bond acceptors (Lipinski definition) is 5. The Morgan fingerprint density at radius 1 is 1.30 bits per heavy atom. The lowest BCUT2D eigenvalue weighted by Crippen LogP contribution is -2.16. The second kappa shape index (κ2) is 7.23. The Morgan fingerprint density at radius 2 is 2.04 bits per heavy atom. The van der Waals surface area contributed by atoms with E-state index in [9.17, 15) is 8.42 Å². The van der Waals surface area contributed by atoms with Crippen LogP contribution in [0.5, 0.6) is 5.88 Å². The van der Waals surface area contributed by atoms with Gasteiger partial charge in [-0.15, -0.1) is 6.42 Å². The molecule has 0 saturated heterocycles. The molecule has 6 nitrogen and oxygen atoms in total. The number of halogens is 3. The fourth-order valence-corrected chi connectivity index (χ4v) is 3.40. The van der Waals surface area contributed by atoms with Gasteiger partial charge in [-0.05, 0) is 12.1 Å². The fourth-order valence-electron chi connectivity index (χ4n) is 1.51. The van der Waals surface area contributed by atoms with Crippen LogP contribution in [0.4, 0.5) is 5.82 Å². The van der Waals surface area contributed by atoms with E-state index in [-0.39, 0.29) is 38.4 Å². The first-order valence-electron chi connectivity index (χ1n) is 5.91. The summed E-state index contributed by atoms with van der Waals surface area (Å²) in [5.74, 6) is 1.89. The van der Waals surface area contributed by atoms with Gasteiger partial charge in [-0.25, -0.2) is 13.4 Å². The van der Waals surface area contributed by atoms with Crippen molar-refractivity contribution in [2.45, 2.75) is 4.90 Å². The van der Waals surface area contributed by atoms with Crippen LogP contribution in [0.1, 0.15) is 0 Å². The van der Waals surface area contributed by atoms with Gasteiger partial charge in [-0.3, -0.25) is 4.72 Å². The number of nitrogens with one attached hydrogen (secondary N) is 1. The topological polar surface area (TPSA) is 81.2 Å². The third-order valence-electron chi connectivity index (χ3n) is 2.44. The van der Waals surface area contributed by atoms with E-state index in [4.69, 9.17) is 46.0 Å². The largest absolute Gasteiger partial charge is 0.462 e. The highest BCUT2D eigenvalue weighted by Gasteiger charge is 2.22. The summed E-state index contributed by atoms with van der Waals surface area (Å²) >= 11 is 17.5. The van der Waals surface area contributed by atoms with Gasteiger partial charge in [0.2, 0.25) is 5.82 Å². The van der Waals surface area contributed by atoms with Crippen molar-refractivity contribution >= 4 is 50.6 Å². The number of sulfonamides is 1. The lowest BCUT2D eigenvalue weighted by molar-refractivity contribution is 0.356. The van der Waals surface area contributed by atoms with E-state index in [0.717, 1.165) is 6.20 Å². The molecule has 0 aliphatic heterocycles. The van der Waals surface area contributed by atoms with Crippen molar-refractivity contribution in [2.75, 3.05) is 11.3 Å². The van der Waals surface area contributed by atoms with Crippen molar-refractivity contribution < 1.29 is 13.2 Å². The van der Waals surface area contributed by atoms with Crippen LogP contribution in [0.25, 0.3) is 0 Å². The van der Waals surface area contributed by atoms with Gasteiger partial charge in [0.05, 0.1) is 16.2 Å². The molecule has 0 atom stereocenters. The maximum Gasteiger partial charge on any atom is 0.264 e. The van der Waals surface area contributed by atoms with Crippen molar-refractivity contribution in [2.24, 2.45) is 0 Å². The van der Waals surface area contributed by atoms with Crippen molar-refractivity contribution in [3.63, 3.8) is 0 Å². The van der Waals surface area contributed by atoms with Crippen LogP contribution in [-0.4, -0.2) is 25.0 Å². The van der Waals surface area contributed by atoms with Crippen LogP contribution in [0.3, 0.4) is 0 Å². The molecule has 0 unspecified atom stereocenters. The number of ether oxygens (including phenoxy) is 1. The second-order valence-electron chi connectivity index (χ2n) is 4.00. The van der Waals surface area contributed by atoms with E-state index < -0.39 is 10.0 Å². The molecule has 0 fully saturated rings. The molecule has 10 heteroatoms. The molecule has 2 aromatic rings. The second-order valence-corrected chi connectivity index (χ2v) is 6.82. The van der Waals surface area contributed by atoms with Gasteiger partial charge in [-0.2, -0.15) is 4.98 Å². The molecule has 0 radical (unpaired) electrons. The van der Waals surface area contributed by atoms with Gasteiger partial charge in [0, 0.05) is 0 Å². The normalized spacial score (nSPS) is 10.9. The van der Waals surface area contributed by atoms with Crippen LogP contribution >= 0.6 is 34.8 Å². The smallest absolute Gasteiger partial charge is 0.264 e. The van der Waals surface area contributed by atoms with E-state index in [0.29, 0.717) is 0 Å². The predicted molar refractivity (Wildman–Crippen MR) is 88.6 cm³/mol. The van der Waals surface area contributed by atoms with Gasteiger partial charge in [0.1, 0.15) is 4.90 Å². The number of benzene rings is 1. The zero-order valence-electron chi connectivity index (χ0n) is 11.3. The highest BCUT2D eigenvalue weighted by Crippen LogP contribution is 2.31. The van der Waals surface area contributed by atoms with Crippen molar-refractivity contribution in [3.05, 3.63) is 39.6 Å². The number of hydrogen-bond donors (Lipinski definition) is 1. The summed E-state index contributed by atoms with van der Waals surface area (Å²) in [4.78, 5) is 7.45. The zero-order valence-corrected chi connectivity index (χ0v) is 14.3. The minimum absolute atomic E-state index is 0.0146. The summed E-state index contributed by atoms with van der Waals surface area (Å²) in [6.45, 7) is -0.137. The van der Waals surface area contributed by atoms with Crippen molar-refractivity contribution in [1.29, 1.82) is 0 Å². The lowest BCUT2D eigenvalue weighted by Gasteiger charge is -2.12. The Morgan fingerprint density at radius 3 is 2.74 bits per heavy atom. The zero-order chi connectivity index (χ0) is 17.0. The third kappa shape index (κ3) is 4.18. The molecule has 1 heterocycles. The quantitative estimate of drug-likeness (QED) is 0.790. The number of anilines is 1. The molecule has 0 bridgehead atoms. The molecular weight excluding hydrogens is 385 g/mol. The molecule has 23 heavy (non-hydrogen) atoms. The van der Waals surface area contributed by atoms with Gasteiger partial charge >= 0.3 is 0 Å². The minimum Gasteiger partial charge on any atom is -0.462 e. The van der Waals surface area contributed by atoms with Crippen LogP contribution in [0, 0.1) is 12.3 Å². The molecule has 0 aliphatic carbocycles. The number of terminal acetylenes is 1. The summed E-state index contributed by atoms with van der Waals surface area (Å²) in [7, 11) is -4.07. The Kier molecular flexibility index (Phi) is 5.55. The molecule has 1 aromatic heterocycles. The summed E-state index contributed by atoms with van der Waals surface area (Å²) in [6.07, 6.45) is 6.25. The van der Waals surface area contributed by atoms with E-state index >= 15 is 0 Å². The molecule has 1 aromatic carbocycles. The maximum atomic E-state index is 12.4. The first-order valence-corrected chi connectivity index (χ1v) is 8.52. The van der Waals surface area contributed by atoms with Gasteiger partial charge in [0.25, 0.3) is 15.9 Å². The molecule has 120 valence electrons. The first kappa shape index (κ1) is 17.6. The van der Waals surface area contributed by atoms with E-state index in [2.05, 4.69) is 20.6 Å². The molecule has 0 aliphatic rings. The standard InChI is InChI=1S/C13H8Cl3N3O3S/c1-2-6-22-13-12(17-7-10(15)18-13)19-23(20,21)9-5-3-4-8(14)11(9)16/h1,3-5,7H,6H2,(H,17,19). The lowest BCUT2D eigenvalue weighted by atomic mass is 10.4. The fraction of sp³-hybridized carbons (Fsp3) is 0.0769. The predicted octanol–water partition coefficient (Wildman–Crippen LogP) is 3.25. The van der Waals surface area contributed by atoms with Crippen LogP contribution in [-0.2, 0) is 10.0 Å². The summed E-state index contributed by atoms with van der Waals surface area (Å²) < 4.78 is 32.2. The molecule has 0 spiro atoms. The van der Waals surface area contributed by atoms with Crippen molar-refractivity contribution in [1.82, 2.24) is 9.97 Å². The molecule has 1 N–H and O–H groups in total. The minimum atomic E-state index is -4.07. The average Bonchev–Trinajstić information content (AvgIpc) is 2.50. The van der Waals surface area contributed by atoms with Crippen LogP contribution in [0.2, 0.25) is 15.2 Å². The highest BCUT2D eigenvalue weighted by molar-refractivity contribution is 7.92. The molecule has 0 saturated carbocycles. The van der Waals surface area contributed by atoms with Gasteiger partial charge < -0.3 is 4.74 Å². The first-order chi connectivity index (χ1) is 10.8. The Bertz CT molecular complexity index is 882. The van der Waals surface area contributed by atoms with E-state index in [1.807, 2.05) is 0 Å². The number of rotatable bonds is 5. The van der Waals surface area contributed by atoms with Crippen molar-refractivity contribution in [3.8, 4) is 18.2 Å². The van der Waals surface area contributed by atoms with Crippen LogP contribution in [0.15, 0.2) is 29.3 Å². The Balaban J connectivity index is 2.41. The Hall–Kier alpha value is -1.72. The van der Waals surface area contributed by atoms with Crippen LogP contribution < -0.4 is 9.46 Å². The highest BCUT2D eigenvalue weighted by atomic mass is 35.5. The monoisotopic (exact) mass is 391 g/mol. The summed E-state index contributed by atoms with van der Waals surface area (Å²) in [6, 6.07) is 4.21. The average molecular weight is 393 g/mol. The third-order valence-corrected chi connectivity index (χ3v) is 4.93. The van der Waals surface area contributed by atoms with E-state index in [1.54, 1.807) is 0 Å². The summed E-state index contributed by atoms with van der Waals surface area (Å²) in [5.41, 5.74) is 0. The molecule has 0 amide bonds. The van der Waals surface area contributed by atoms with Gasteiger partial charge in [0.15, 0.2) is 11.8 Å². The number of aromatic nitrogens is 2. The number of nitrogens with zero attached hydrogens (tertiary/aromatic N) is 2. The van der Waals surface area contributed by atoms with Gasteiger partial charge in [-0.1, -0.05) is 46.8 Å².